The van der Waals surface area contributed by atoms with E-state index in [0.717, 1.165) is 12.3 Å². The first kappa shape index (κ1) is 18.9. The number of esters is 1. The lowest BCUT2D eigenvalue weighted by Crippen LogP contribution is -2.44. The normalized spacial score (nSPS) is 23.9. The molecule has 0 aromatic carbocycles. The van der Waals surface area contributed by atoms with Crippen LogP contribution in [0.1, 0.15) is 16.6 Å². The lowest BCUT2D eigenvalue weighted by atomic mass is 10.1. The van der Waals surface area contributed by atoms with Gasteiger partial charge in [0.05, 0.1) is 6.61 Å². The highest BCUT2D eigenvalue weighted by atomic mass is 19.3. The van der Waals surface area contributed by atoms with Crippen LogP contribution in [0.2, 0.25) is 0 Å². The Morgan fingerprint density at radius 3 is 2.89 bits per heavy atom. The first-order valence-corrected chi connectivity index (χ1v) is 7.89. The fourth-order valence-electron chi connectivity index (χ4n) is 2.76. The van der Waals surface area contributed by atoms with Crippen molar-refractivity contribution in [3.63, 3.8) is 0 Å². The van der Waals surface area contributed by atoms with Gasteiger partial charge in [0, 0.05) is 12.3 Å². The molecule has 144 valence electrons. The summed E-state index contributed by atoms with van der Waals surface area (Å²) in [5.74, 6) is -4.96. The highest BCUT2D eigenvalue weighted by molar-refractivity contribution is 5.88. The van der Waals surface area contributed by atoms with Crippen LogP contribution in [-0.4, -0.2) is 45.4 Å². The summed E-state index contributed by atoms with van der Waals surface area (Å²) in [6, 6.07) is 4.10. The molecule has 3 atom stereocenters. The van der Waals surface area contributed by atoms with Gasteiger partial charge in [-0.25, -0.2) is 14.2 Å². The SMILES string of the molecule is C[n+]1cccc(C(=O)O[C@@H]2[C@@H](CO)O[C@@H](n3ccc(N)nc3=O)C2(F)F)c1. The van der Waals surface area contributed by atoms with E-state index in [0.29, 0.717) is 4.57 Å². The molecule has 1 saturated heterocycles. The third kappa shape index (κ3) is 3.51. The number of aliphatic hydroxyl groups is 1. The molecule has 0 spiro atoms. The van der Waals surface area contributed by atoms with Gasteiger partial charge in [0.25, 0.3) is 0 Å². The number of ether oxygens (including phenoxy) is 2. The van der Waals surface area contributed by atoms with Crippen molar-refractivity contribution in [1.82, 2.24) is 9.55 Å². The Labute approximate surface area is 151 Å². The van der Waals surface area contributed by atoms with Crippen LogP contribution < -0.4 is 16.0 Å². The number of nitrogens with zero attached hydrogens (tertiary/aromatic N) is 3. The maximum Gasteiger partial charge on any atom is 0.351 e. The van der Waals surface area contributed by atoms with Crippen LogP contribution in [0.15, 0.2) is 41.6 Å². The van der Waals surface area contributed by atoms with Gasteiger partial charge in [-0.1, -0.05) is 0 Å². The van der Waals surface area contributed by atoms with Crippen molar-refractivity contribution in [2.24, 2.45) is 7.05 Å². The molecular formula is C16H17F2N4O5+. The quantitative estimate of drug-likeness (QED) is 0.534. The van der Waals surface area contributed by atoms with Crippen molar-refractivity contribution in [3.05, 3.63) is 52.8 Å². The highest BCUT2D eigenvalue weighted by Crippen LogP contribution is 2.44. The number of aliphatic hydroxyl groups excluding tert-OH is 1. The zero-order valence-corrected chi connectivity index (χ0v) is 14.2. The van der Waals surface area contributed by atoms with Crippen LogP contribution in [0.5, 0.6) is 0 Å². The van der Waals surface area contributed by atoms with Crippen LogP contribution in [0.3, 0.4) is 0 Å². The predicted molar refractivity (Wildman–Crippen MR) is 85.7 cm³/mol. The Bertz CT molecular complexity index is 920. The van der Waals surface area contributed by atoms with E-state index in [1.54, 1.807) is 23.9 Å². The molecule has 3 rings (SSSR count). The Balaban J connectivity index is 1.90. The number of alkyl halides is 2. The van der Waals surface area contributed by atoms with E-state index in [9.17, 15) is 23.5 Å². The van der Waals surface area contributed by atoms with Gasteiger partial charge in [0.15, 0.2) is 18.5 Å². The summed E-state index contributed by atoms with van der Waals surface area (Å²) in [6.45, 7) is -0.843. The summed E-state index contributed by atoms with van der Waals surface area (Å²) in [5, 5.41) is 9.40. The number of carbonyl (C=O) groups is 1. The van der Waals surface area contributed by atoms with Gasteiger partial charge < -0.3 is 20.3 Å². The van der Waals surface area contributed by atoms with Crippen LogP contribution in [0.4, 0.5) is 14.6 Å². The average molecular weight is 383 g/mol. The van der Waals surface area contributed by atoms with Crippen molar-refractivity contribution in [1.29, 1.82) is 0 Å². The second-order valence-corrected chi connectivity index (χ2v) is 6.01. The van der Waals surface area contributed by atoms with Crippen molar-refractivity contribution >= 4 is 11.8 Å². The van der Waals surface area contributed by atoms with E-state index in [2.05, 4.69) is 4.98 Å². The fourth-order valence-corrected chi connectivity index (χ4v) is 2.76. The molecule has 1 aliphatic heterocycles. The Hall–Kier alpha value is -2.92. The third-order valence-electron chi connectivity index (χ3n) is 4.04. The number of rotatable bonds is 4. The molecule has 0 aliphatic carbocycles. The smallest absolute Gasteiger partial charge is 0.351 e. The number of aromatic nitrogens is 3. The number of carbonyl (C=O) groups excluding carboxylic acids is 1. The van der Waals surface area contributed by atoms with Crippen molar-refractivity contribution in [3.8, 4) is 0 Å². The first-order valence-electron chi connectivity index (χ1n) is 7.89. The summed E-state index contributed by atoms with van der Waals surface area (Å²) < 4.78 is 41.9. The Morgan fingerprint density at radius 1 is 1.52 bits per heavy atom. The van der Waals surface area contributed by atoms with E-state index in [-0.39, 0.29) is 11.4 Å². The number of nitrogens with two attached hydrogens (primary N) is 1. The van der Waals surface area contributed by atoms with E-state index in [1.165, 1.54) is 12.3 Å². The standard InChI is InChI=1S/C16H16F2N4O5/c1-21-5-2-3-9(7-21)13(24)27-12-10(8-23)26-14(16(12,17)18)22-6-4-11(19)20-15(22)25/h2-7,10,12,14,23H,8H2,1H3,(H-,19,20,25)/p+1/t10-,12-,14-/m1/s1. The summed E-state index contributed by atoms with van der Waals surface area (Å²) in [4.78, 5) is 27.5. The molecule has 0 unspecified atom stereocenters. The first-order chi connectivity index (χ1) is 12.7. The number of hydrogen-bond donors (Lipinski definition) is 2. The van der Waals surface area contributed by atoms with Gasteiger partial charge in [-0.2, -0.15) is 13.8 Å². The molecule has 1 fully saturated rings. The van der Waals surface area contributed by atoms with E-state index in [4.69, 9.17) is 15.2 Å². The molecule has 2 aromatic rings. The van der Waals surface area contributed by atoms with Gasteiger partial charge in [-0.15, -0.1) is 0 Å². The van der Waals surface area contributed by atoms with Gasteiger partial charge in [-0.3, -0.25) is 4.57 Å². The van der Waals surface area contributed by atoms with Gasteiger partial charge in [-0.05, 0) is 12.1 Å². The second-order valence-electron chi connectivity index (χ2n) is 6.01. The number of anilines is 1. The second kappa shape index (κ2) is 7.00. The fraction of sp³-hybridized carbons (Fsp3) is 0.375. The maximum absolute atomic E-state index is 14.9. The topological polar surface area (TPSA) is 121 Å². The Kier molecular flexibility index (Phi) is 4.89. The largest absolute Gasteiger partial charge is 0.449 e. The van der Waals surface area contributed by atoms with E-state index < -0.39 is 42.6 Å². The molecule has 0 saturated carbocycles. The van der Waals surface area contributed by atoms with E-state index in [1.807, 2.05) is 0 Å². The number of hydrogen-bond acceptors (Lipinski definition) is 7. The van der Waals surface area contributed by atoms with Gasteiger partial charge in [0.2, 0.25) is 6.23 Å². The molecule has 0 amide bonds. The van der Waals surface area contributed by atoms with Crippen molar-refractivity contribution in [2.45, 2.75) is 24.4 Å². The van der Waals surface area contributed by atoms with Gasteiger partial charge in [0.1, 0.15) is 24.5 Å². The lowest BCUT2D eigenvalue weighted by molar-refractivity contribution is -0.671. The number of nitrogen functional groups attached to an aromatic ring is 1. The van der Waals surface area contributed by atoms with Crippen LogP contribution in [-0.2, 0) is 16.5 Å². The summed E-state index contributed by atoms with van der Waals surface area (Å²) in [5.41, 5.74) is 4.34. The zero-order chi connectivity index (χ0) is 19.8. The number of halogens is 2. The number of pyridine rings is 1. The molecule has 27 heavy (non-hydrogen) atoms. The minimum atomic E-state index is -3.80. The highest BCUT2D eigenvalue weighted by Gasteiger charge is 2.62. The minimum absolute atomic E-state index is 0.0438. The minimum Gasteiger partial charge on any atom is -0.449 e. The zero-order valence-electron chi connectivity index (χ0n) is 14.2. The predicted octanol–water partition coefficient (Wildman–Crippen LogP) is -0.599. The monoisotopic (exact) mass is 383 g/mol. The summed E-state index contributed by atoms with van der Waals surface area (Å²) in [6.07, 6.45) is -1.70. The molecule has 2 aromatic heterocycles. The van der Waals surface area contributed by atoms with E-state index >= 15 is 0 Å². The molecule has 1 aliphatic rings. The summed E-state index contributed by atoms with van der Waals surface area (Å²) >= 11 is 0. The summed E-state index contributed by atoms with van der Waals surface area (Å²) in [7, 11) is 1.65. The van der Waals surface area contributed by atoms with Gasteiger partial charge >= 0.3 is 17.6 Å². The molecule has 9 nitrogen and oxygen atoms in total. The molecule has 0 bridgehead atoms. The van der Waals surface area contributed by atoms with Crippen LogP contribution >= 0.6 is 0 Å². The molecular weight excluding hydrogens is 366 g/mol. The molecule has 3 heterocycles. The molecule has 11 heteroatoms. The van der Waals surface area contributed by atoms with Crippen molar-refractivity contribution in [2.75, 3.05) is 12.3 Å². The molecule has 3 N–H and O–H groups in total. The van der Waals surface area contributed by atoms with Crippen LogP contribution in [0, 0.1) is 0 Å². The number of aryl methyl sites for hydroxylation is 1. The van der Waals surface area contributed by atoms with Crippen molar-refractivity contribution < 1.29 is 32.7 Å². The lowest BCUT2D eigenvalue weighted by Gasteiger charge is -2.23. The average Bonchev–Trinajstić information content (AvgIpc) is 2.85. The maximum atomic E-state index is 14.9. The Morgan fingerprint density at radius 2 is 2.26 bits per heavy atom. The van der Waals surface area contributed by atoms with Crippen LogP contribution in [0.25, 0.3) is 0 Å². The third-order valence-corrected chi connectivity index (χ3v) is 4.04. The molecule has 0 radical (unpaired) electrons.